The van der Waals surface area contributed by atoms with Crippen molar-refractivity contribution in [2.75, 3.05) is 5.73 Å². The molecule has 2 N–H and O–H groups in total. The van der Waals surface area contributed by atoms with E-state index in [1.54, 1.807) is 0 Å². The van der Waals surface area contributed by atoms with Gasteiger partial charge in [0.15, 0.2) is 5.82 Å². The Balaban J connectivity index is 2.25. The van der Waals surface area contributed by atoms with E-state index in [0.717, 1.165) is 0 Å². The molecule has 8 heteroatoms. The number of nitrogens with two attached hydrogens (primary N) is 1. The van der Waals surface area contributed by atoms with Crippen molar-refractivity contribution in [1.29, 1.82) is 0 Å². The van der Waals surface area contributed by atoms with Gasteiger partial charge < -0.3 is 10.5 Å². The fourth-order valence-electron chi connectivity index (χ4n) is 1.34. The molecule has 0 aliphatic heterocycles. The summed E-state index contributed by atoms with van der Waals surface area (Å²) in [5.41, 5.74) is 6.58. The summed E-state index contributed by atoms with van der Waals surface area (Å²) in [6.45, 7) is 0. The first kappa shape index (κ1) is 13.6. The van der Waals surface area contributed by atoms with Crippen molar-refractivity contribution in [2.45, 2.75) is 6.36 Å². The molecule has 0 amide bonds. The molecule has 2 rings (SSSR count). The molecule has 0 spiro atoms. The molecule has 0 aliphatic rings. The Morgan fingerprint density at radius 1 is 1.16 bits per heavy atom. The predicted molar refractivity (Wildman–Crippen MR) is 66.3 cm³/mol. The predicted octanol–water partition coefficient (Wildman–Crippen LogP) is 3.39. The zero-order valence-corrected chi connectivity index (χ0v) is 10.9. The molecule has 1 heterocycles. The smallest absolute Gasteiger partial charge is 0.406 e. The molecule has 0 aliphatic carbocycles. The highest BCUT2D eigenvalue weighted by Crippen LogP contribution is 2.26. The third kappa shape index (κ3) is 3.57. The number of nitrogens with zero attached hydrogens (tertiary/aromatic N) is 2. The average Bonchev–Trinajstić information content (AvgIpc) is 2.32. The van der Waals surface area contributed by atoms with Crippen LogP contribution in [0.5, 0.6) is 5.75 Å². The number of hydrogen-bond acceptors (Lipinski definition) is 4. The van der Waals surface area contributed by atoms with Crippen molar-refractivity contribution in [1.82, 2.24) is 9.97 Å². The largest absolute Gasteiger partial charge is 0.573 e. The fraction of sp³-hybridized carbons (Fsp3) is 0.0909. The standard InChI is InChI=1S/C11H7BrF3N3O/c12-9-10(16)17-5-8(18-9)6-1-3-7(4-2-6)19-11(13,14)15/h1-5H,(H2,16,17). The molecule has 0 fully saturated rings. The number of benzene rings is 1. The van der Waals surface area contributed by atoms with Gasteiger partial charge in [-0.25, -0.2) is 9.97 Å². The van der Waals surface area contributed by atoms with Gasteiger partial charge in [0.25, 0.3) is 0 Å². The van der Waals surface area contributed by atoms with Gasteiger partial charge in [-0.2, -0.15) is 0 Å². The monoisotopic (exact) mass is 333 g/mol. The maximum atomic E-state index is 12.0. The summed E-state index contributed by atoms with van der Waals surface area (Å²) < 4.78 is 40.1. The lowest BCUT2D eigenvalue weighted by Crippen LogP contribution is -2.16. The second-order valence-corrected chi connectivity index (χ2v) is 4.25. The normalized spacial score (nSPS) is 11.4. The summed E-state index contributed by atoms with van der Waals surface area (Å²) in [4.78, 5) is 8.01. The third-order valence-electron chi connectivity index (χ3n) is 2.14. The van der Waals surface area contributed by atoms with E-state index in [-0.39, 0.29) is 11.6 Å². The van der Waals surface area contributed by atoms with E-state index in [9.17, 15) is 13.2 Å². The van der Waals surface area contributed by atoms with E-state index in [4.69, 9.17) is 5.73 Å². The Labute approximate surface area is 114 Å². The molecule has 100 valence electrons. The Bertz CT molecular complexity index is 587. The highest BCUT2D eigenvalue weighted by atomic mass is 79.9. The highest BCUT2D eigenvalue weighted by molar-refractivity contribution is 9.10. The number of ether oxygens (including phenoxy) is 1. The van der Waals surface area contributed by atoms with Crippen LogP contribution in [0.3, 0.4) is 0 Å². The van der Waals surface area contributed by atoms with Crippen LogP contribution < -0.4 is 10.5 Å². The summed E-state index contributed by atoms with van der Waals surface area (Å²) in [7, 11) is 0. The number of rotatable bonds is 2. The van der Waals surface area contributed by atoms with Crippen LogP contribution in [-0.2, 0) is 0 Å². The zero-order chi connectivity index (χ0) is 14.0. The van der Waals surface area contributed by atoms with Crippen LogP contribution in [0.4, 0.5) is 19.0 Å². The third-order valence-corrected chi connectivity index (χ3v) is 2.72. The van der Waals surface area contributed by atoms with E-state index in [1.165, 1.54) is 30.5 Å². The van der Waals surface area contributed by atoms with E-state index < -0.39 is 6.36 Å². The number of nitrogen functional groups attached to an aromatic ring is 1. The van der Waals surface area contributed by atoms with Gasteiger partial charge in [-0.1, -0.05) is 0 Å². The van der Waals surface area contributed by atoms with Gasteiger partial charge >= 0.3 is 6.36 Å². The Kier molecular flexibility index (Phi) is 3.61. The van der Waals surface area contributed by atoms with Gasteiger partial charge in [-0.3, -0.25) is 0 Å². The second-order valence-electron chi connectivity index (χ2n) is 3.50. The van der Waals surface area contributed by atoms with Gasteiger partial charge in [-0.15, -0.1) is 13.2 Å². The van der Waals surface area contributed by atoms with Gasteiger partial charge in [0.2, 0.25) is 0 Å². The summed E-state index contributed by atoms with van der Waals surface area (Å²) in [5.74, 6) is -0.0560. The lowest BCUT2D eigenvalue weighted by Gasteiger charge is -2.09. The van der Waals surface area contributed by atoms with Crippen molar-refractivity contribution in [3.8, 4) is 17.0 Å². The molecule has 0 saturated carbocycles. The molecule has 0 unspecified atom stereocenters. The van der Waals surface area contributed by atoms with Crippen LogP contribution in [0.25, 0.3) is 11.3 Å². The molecular weight excluding hydrogens is 327 g/mol. The lowest BCUT2D eigenvalue weighted by atomic mass is 10.1. The number of anilines is 1. The second kappa shape index (κ2) is 5.04. The van der Waals surface area contributed by atoms with Gasteiger partial charge in [0, 0.05) is 5.56 Å². The quantitative estimate of drug-likeness (QED) is 0.915. The maximum Gasteiger partial charge on any atom is 0.573 e. The highest BCUT2D eigenvalue weighted by Gasteiger charge is 2.30. The Morgan fingerprint density at radius 2 is 1.79 bits per heavy atom. The van der Waals surface area contributed by atoms with Crippen LogP contribution in [0, 0.1) is 0 Å². The topological polar surface area (TPSA) is 61.0 Å². The summed E-state index contributed by atoms with van der Waals surface area (Å²) in [5, 5.41) is 0. The Hall–Kier alpha value is -1.83. The molecule has 19 heavy (non-hydrogen) atoms. The first-order chi connectivity index (χ1) is 8.85. The van der Waals surface area contributed by atoms with Crippen LogP contribution in [0.15, 0.2) is 35.1 Å². The van der Waals surface area contributed by atoms with E-state index in [2.05, 4.69) is 30.6 Å². The van der Waals surface area contributed by atoms with Crippen molar-refractivity contribution >= 4 is 21.7 Å². The Morgan fingerprint density at radius 3 is 2.32 bits per heavy atom. The minimum Gasteiger partial charge on any atom is -0.406 e. The molecule has 0 radical (unpaired) electrons. The molecule has 0 atom stereocenters. The van der Waals surface area contributed by atoms with Crippen LogP contribution >= 0.6 is 15.9 Å². The zero-order valence-electron chi connectivity index (χ0n) is 9.28. The molecular formula is C11H7BrF3N3O. The molecule has 1 aromatic carbocycles. The van der Waals surface area contributed by atoms with Gasteiger partial charge in [0.05, 0.1) is 11.9 Å². The average molecular weight is 334 g/mol. The fourth-order valence-corrected chi connectivity index (χ4v) is 1.64. The number of hydrogen-bond donors (Lipinski definition) is 1. The summed E-state index contributed by atoms with van der Waals surface area (Å²) in [6, 6.07) is 5.31. The summed E-state index contributed by atoms with van der Waals surface area (Å²) in [6.07, 6.45) is -3.27. The lowest BCUT2D eigenvalue weighted by molar-refractivity contribution is -0.274. The molecule has 0 saturated heterocycles. The van der Waals surface area contributed by atoms with Crippen LogP contribution in [-0.4, -0.2) is 16.3 Å². The van der Waals surface area contributed by atoms with Crippen LogP contribution in [0.1, 0.15) is 0 Å². The first-order valence-electron chi connectivity index (χ1n) is 4.99. The minimum absolute atomic E-state index is 0.237. The number of aromatic nitrogens is 2. The van der Waals surface area contributed by atoms with Gasteiger partial charge in [0.1, 0.15) is 10.4 Å². The van der Waals surface area contributed by atoms with Crippen molar-refractivity contribution in [3.63, 3.8) is 0 Å². The number of halogens is 4. The molecule has 4 nitrogen and oxygen atoms in total. The molecule has 1 aromatic heterocycles. The maximum absolute atomic E-state index is 12.0. The van der Waals surface area contributed by atoms with E-state index >= 15 is 0 Å². The van der Waals surface area contributed by atoms with Gasteiger partial charge in [-0.05, 0) is 40.2 Å². The molecule has 2 aromatic rings. The first-order valence-corrected chi connectivity index (χ1v) is 5.78. The van der Waals surface area contributed by atoms with Crippen molar-refractivity contribution < 1.29 is 17.9 Å². The minimum atomic E-state index is -4.70. The van der Waals surface area contributed by atoms with Crippen molar-refractivity contribution in [2.24, 2.45) is 0 Å². The molecule has 0 bridgehead atoms. The van der Waals surface area contributed by atoms with Crippen molar-refractivity contribution in [3.05, 3.63) is 35.1 Å². The summed E-state index contributed by atoms with van der Waals surface area (Å²) >= 11 is 3.13. The van der Waals surface area contributed by atoms with Crippen LogP contribution in [0.2, 0.25) is 0 Å². The SMILES string of the molecule is Nc1ncc(-c2ccc(OC(F)(F)F)cc2)nc1Br. The van der Waals surface area contributed by atoms with E-state index in [1.807, 2.05) is 0 Å². The number of alkyl halides is 3. The van der Waals surface area contributed by atoms with E-state index in [0.29, 0.717) is 15.9 Å².